The summed E-state index contributed by atoms with van der Waals surface area (Å²) in [6, 6.07) is 13.2. The van der Waals surface area contributed by atoms with Crippen molar-refractivity contribution in [2.75, 3.05) is 18.5 Å². The van der Waals surface area contributed by atoms with Crippen LogP contribution in [0.15, 0.2) is 59.6 Å². The summed E-state index contributed by atoms with van der Waals surface area (Å²) in [7, 11) is 0. The average molecular weight is 652 g/mol. The molecule has 1 heterocycles. The highest BCUT2D eigenvalue weighted by Crippen LogP contribution is 2.35. The lowest BCUT2D eigenvalue weighted by atomic mass is 10.1. The van der Waals surface area contributed by atoms with E-state index in [-0.39, 0.29) is 29.5 Å². The van der Waals surface area contributed by atoms with Gasteiger partial charge in [-0.05, 0) is 30.7 Å². The molecule has 0 fully saturated rings. The second-order valence-electron chi connectivity index (χ2n) is 10.0. The highest BCUT2D eigenvalue weighted by molar-refractivity contribution is 7.07. The molecule has 1 N–H and O–H groups in total. The first kappa shape index (κ1) is 34.1. The van der Waals surface area contributed by atoms with Crippen LogP contribution in [0.3, 0.4) is 0 Å². The predicted molar refractivity (Wildman–Crippen MR) is 162 cm³/mol. The number of ether oxygens (including phenoxy) is 2. The van der Waals surface area contributed by atoms with Crippen molar-refractivity contribution in [3.63, 3.8) is 0 Å². The number of nitrogens with one attached hydrogen (secondary N) is 1. The van der Waals surface area contributed by atoms with Gasteiger partial charge in [-0.2, -0.15) is 4.57 Å². The highest BCUT2D eigenvalue weighted by atomic mass is 79.9. The maximum atomic E-state index is 12.6. The average Bonchev–Trinajstić information content (AvgIpc) is 3.44. The Morgan fingerprint density at radius 2 is 1.57 bits per heavy atom. The largest absolute Gasteiger partial charge is 1.00 e. The summed E-state index contributed by atoms with van der Waals surface area (Å²) in [5.41, 5.74) is 3.91. The van der Waals surface area contributed by atoms with Gasteiger partial charge in [0, 0.05) is 11.3 Å². The molecule has 0 spiro atoms. The van der Waals surface area contributed by atoms with Gasteiger partial charge in [0.15, 0.2) is 30.8 Å². The van der Waals surface area contributed by atoms with Crippen molar-refractivity contribution in [1.29, 1.82) is 0 Å². The van der Waals surface area contributed by atoms with E-state index in [0.29, 0.717) is 23.1 Å². The van der Waals surface area contributed by atoms with E-state index in [2.05, 4.69) is 22.3 Å². The quantitative estimate of drug-likeness (QED) is 0.123. The monoisotopic (exact) mass is 650 g/mol. The first-order chi connectivity index (χ1) is 19.2. The number of benzene rings is 2. The lowest BCUT2D eigenvalue weighted by molar-refractivity contribution is -0.683. The molecule has 0 aliphatic carbocycles. The number of carbonyl (C=O) groups is 1. The van der Waals surface area contributed by atoms with Crippen molar-refractivity contribution >= 4 is 34.5 Å². The zero-order valence-electron chi connectivity index (χ0n) is 23.7. The summed E-state index contributed by atoms with van der Waals surface area (Å²) in [6.07, 6.45) is 17.6. The third kappa shape index (κ3) is 13.5. The van der Waals surface area contributed by atoms with Crippen molar-refractivity contribution in [2.24, 2.45) is 0 Å². The van der Waals surface area contributed by atoms with Gasteiger partial charge in [-0.25, -0.2) is 0 Å². The van der Waals surface area contributed by atoms with Crippen LogP contribution in [0.5, 0.6) is 11.5 Å². The predicted octanol–water partition coefficient (Wildman–Crippen LogP) is 5.84. The van der Waals surface area contributed by atoms with Gasteiger partial charge in [0.25, 0.3) is 5.91 Å². The standard InChI is InChI=1S/C32H43ClN2O3S.BrH/c1-2-3-4-5-6-7-8-9-10-11-12-13-21-37-32-29(33)18-15-19-30(32)38-25-31(36)34-28-17-14-16-27(23-28)24-35-20-22-39-26-35;/h14-20,22-23,26H,2-13,21,24-25H2,1H3;1H. The molecule has 1 aromatic heterocycles. The van der Waals surface area contributed by atoms with E-state index >= 15 is 0 Å². The van der Waals surface area contributed by atoms with Crippen LogP contribution >= 0.6 is 22.9 Å². The Morgan fingerprint density at radius 1 is 0.900 bits per heavy atom. The van der Waals surface area contributed by atoms with Crippen molar-refractivity contribution in [1.82, 2.24) is 0 Å². The van der Waals surface area contributed by atoms with Crippen molar-refractivity contribution in [3.8, 4) is 11.5 Å². The number of para-hydroxylation sites is 1. The molecule has 3 rings (SSSR count). The van der Waals surface area contributed by atoms with Crippen LogP contribution in [0.1, 0.15) is 89.5 Å². The molecule has 0 unspecified atom stereocenters. The number of carbonyl (C=O) groups excluding carboxylic acids is 1. The summed E-state index contributed by atoms with van der Waals surface area (Å²) in [5, 5.41) is 5.45. The summed E-state index contributed by atoms with van der Waals surface area (Å²) in [6.45, 7) is 3.48. The molecule has 1 amide bonds. The van der Waals surface area contributed by atoms with E-state index in [4.69, 9.17) is 21.1 Å². The molecular weight excluding hydrogens is 608 g/mol. The van der Waals surface area contributed by atoms with Crippen LogP contribution < -0.4 is 36.3 Å². The van der Waals surface area contributed by atoms with Crippen LogP contribution in [0.2, 0.25) is 5.02 Å². The number of anilines is 1. The molecule has 0 radical (unpaired) electrons. The lowest BCUT2D eigenvalue weighted by Crippen LogP contribution is -3.00. The van der Waals surface area contributed by atoms with Gasteiger partial charge < -0.3 is 31.8 Å². The molecular formula is C32H44BrClN2O3S. The van der Waals surface area contributed by atoms with E-state index in [9.17, 15) is 4.79 Å². The number of hydrogen-bond donors (Lipinski definition) is 1. The molecule has 0 aliphatic rings. The van der Waals surface area contributed by atoms with E-state index in [1.165, 1.54) is 64.2 Å². The minimum absolute atomic E-state index is 0. The second-order valence-corrected chi connectivity index (χ2v) is 11.2. The topological polar surface area (TPSA) is 51.4 Å². The lowest BCUT2D eigenvalue weighted by Gasteiger charge is -2.14. The van der Waals surface area contributed by atoms with Gasteiger partial charge in [0.05, 0.1) is 17.0 Å². The van der Waals surface area contributed by atoms with E-state index < -0.39 is 0 Å². The number of hydrogen-bond acceptors (Lipinski definition) is 4. The molecule has 0 aliphatic heterocycles. The Balaban J connectivity index is 0.00000560. The minimum Gasteiger partial charge on any atom is -1.00 e. The fourth-order valence-electron chi connectivity index (χ4n) is 4.51. The van der Waals surface area contributed by atoms with Gasteiger partial charge in [-0.15, -0.1) is 0 Å². The summed E-state index contributed by atoms with van der Waals surface area (Å²) in [4.78, 5) is 12.6. The fraction of sp³-hybridized carbons (Fsp3) is 0.500. The van der Waals surface area contributed by atoms with E-state index in [0.717, 1.165) is 30.6 Å². The molecule has 5 nitrogen and oxygen atoms in total. The first-order valence-corrected chi connectivity index (χ1v) is 15.8. The fourth-order valence-corrected chi connectivity index (χ4v) is 5.33. The van der Waals surface area contributed by atoms with Crippen LogP contribution in [-0.2, 0) is 11.3 Å². The third-order valence-corrected chi connectivity index (χ3v) is 7.61. The minimum atomic E-state index is -0.234. The number of aromatic nitrogens is 1. The molecule has 2 aromatic carbocycles. The van der Waals surface area contributed by atoms with Crippen LogP contribution in [0, 0.1) is 0 Å². The molecule has 8 heteroatoms. The Bertz CT molecular complexity index is 1100. The smallest absolute Gasteiger partial charge is 0.262 e. The molecule has 0 saturated heterocycles. The number of unbranched alkanes of at least 4 members (excludes halogenated alkanes) is 11. The number of amides is 1. The van der Waals surface area contributed by atoms with Crippen molar-refractivity contribution in [2.45, 2.75) is 90.5 Å². The van der Waals surface area contributed by atoms with Gasteiger partial charge in [-0.3, -0.25) is 4.79 Å². The molecule has 220 valence electrons. The molecule has 3 aromatic rings. The number of nitrogens with zero attached hydrogens (tertiary/aromatic N) is 1. The van der Waals surface area contributed by atoms with Crippen LogP contribution in [-0.4, -0.2) is 19.1 Å². The van der Waals surface area contributed by atoms with E-state index in [1.54, 1.807) is 29.5 Å². The maximum Gasteiger partial charge on any atom is 0.262 e. The maximum absolute atomic E-state index is 12.6. The molecule has 0 saturated carbocycles. The van der Waals surface area contributed by atoms with Gasteiger partial charge in [-0.1, -0.05) is 119 Å². The molecule has 0 bridgehead atoms. The number of halogens is 2. The van der Waals surface area contributed by atoms with Crippen molar-refractivity contribution in [3.05, 3.63) is 70.1 Å². The van der Waals surface area contributed by atoms with Crippen LogP contribution in [0.4, 0.5) is 5.69 Å². The van der Waals surface area contributed by atoms with Gasteiger partial charge in [0.2, 0.25) is 5.51 Å². The normalized spacial score (nSPS) is 10.7. The second kappa shape index (κ2) is 20.7. The zero-order valence-corrected chi connectivity index (χ0v) is 26.9. The van der Waals surface area contributed by atoms with Crippen LogP contribution in [0.25, 0.3) is 0 Å². The Hall–Kier alpha value is -2.09. The highest BCUT2D eigenvalue weighted by Gasteiger charge is 2.13. The Kier molecular flexibility index (Phi) is 17.7. The Labute approximate surface area is 260 Å². The van der Waals surface area contributed by atoms with Crippen molar-refractivity contribution < 1.29 is 35.8 Å². The Morgan fingerprint density at radius 3 is 2.25 bits per heavy atom. The van der Waals surface area contributed by atoms with Gasteiger partial charge >= 0.3 is 0 Å². The number of rotatable bonds is 20. The summed E-state index contributed by atoms with van der Waals surface area (Å²) >= 11 is 8.04. The third-order valence-electron chi connectivity index (χ3n) is 6.64. The molecule has 0 atom stereocenters. The van der Waals surface area contributed by atoms with E-state index in [1.807, 2.05) is 35.8 Å². The first-order valence-electron chi connectivity index (χ1n) is 14.5. The summed E-state index contributed by atoms with van der Waals surface area (Å²) in [5.74, 6) is 0.756. The van der Waals surface area contributed by atoms with Gasteiger partial charge in [0.1, 0.15) is 0 Å². The zero-order chi connectivity index (χ0) is 27.5. The SMILES string of the molecule is CCCCCCCCCCCCCCOc1c(Cl)cccc1OCC(=O)Nc1cccc(C[n+]2ccsc2)c1.[Br-]. The summed E-state index contributed by atoms with van der Waals surface area (Å²) < 4.78 is 13.9. The molecule has 40 heavy (non-hydrogen) atoms. The number of thiazole rings is 1.